The highest BCUT2D eigenvalue weighted by Crippen LogP contribution is 2.36. The number of rotatable bonds is 6. The molecule has 2 heterocycles. The van der Waals surface area contributed by atoms with Crippen molar-refractivity contribution in [3.8, 4) is 11.5 Å². The molecule has 3 amide bonds. The Hall–Kier alpha value is -3.47. The molecule has 0 spiro atoms. The van der Waals surface area contributed by atoms with Crippen molar-refractivity contribution in [3.05, 3.63) is 46.9 Å². The normalized spacial score (nSPS) is 19.6. The predicted octanol–water partition coefficient (Wildman–Crippen LogP) is 2.40. The molecular formula is C20H18BrN5O5. The Morgan fingerprint density at radius 2 is 1.84 bits per heavy atom. The lowest BCUT2D eigenvalue weighted by atomic mass is 10.1. The fourth-order valence-electron chi connectivity index (χ4n) is 3.47. The predicted molar refractivity (Wildman–Crippen MR) is 114 cm³/mol. The van der Waals surface area contributed by atoms with Crippen molar-refractivity contribution < 1.29 is 23.9 Å². The quantitative estimate of drug-likeness (QED) is 0.625. The van der Waals surface area contributed by atoms with Crippen LogP contribution >= 0.6 is 15.9 Å². The molecule has 0 saturated carbocycles. The molecule has 4 rings (SSSR count). The first kappa shape index (κ1) is 20.8. The Labute approximate surface area is 185 Å². The maximum atomic E-state index is 13.1. The summed E-state index contributed by atoms with van der Waals surface area (Å²) in [5.74, 6) is -0.573. The van der Waals surface area contributed by atoms with E-state index in [1.165, 1.54) is 25.3 Å². The van der Waals surface area contributed by atoms with Crippen LogP contribution in [0.25, 0.3) is 0 Å². The number of carbonyl (C=O) groups is 3. The summed E-state index contributed by atoms with van der Waals surface area (Å²) in [4.78, 5) is 39.5. The van der Waals surface area contributed by atoms with Gasteiger partial charge in [-0.2, -0.15) is 5.11 Å². The van der Waals surface area contributed by atoms with Gasteiger partial charge in [0, 0.05) is 10.5 Å². The largest absolute Gasteiger partial charge is 0.493 e. The number of halogens is 1. The molecule has 0 bridgehead atoms. The number of anilines is 2. The molecule has 10 nitrogen and oxygen atoms in total. The third-order valence-corrected chi connectivity index (χ3v) is 5.63. The molecule has 2 aliphatic heterocycles. The highest BCUT2D eigenvalue weighted by molar-refractivity contribution is 9.10. The molecule has 11 heteroatoms. The summed E-state index contributed by atoms with van der Waals surface area (Å²) < 4.78 is 11.2. The molecule has 0 aromatic heterocycles. The number of amides is 3. The fourth-order valence-corrected chi connectivity index (χ4v) is 3.86. The molecular weight excluding hydrogens is 470 g/mol. The number of nitrogens with zero attached hydrogens (tertiary/aromatic N) is 4. The molecule has 1 saturated heterocycles. The van der Waals surface area contributed by atoms with Crippen LogP contribution in [-0.2, 0) is 14.4 Å². The third kappa shape index (κ3) is 3.72. The zero-order chi connectivity index (χ0) is 22.1. The smallest absolute Gasteiger partial charge is 0.263 e. The summed E-state index contributed by atoms with van der Waals surface area (Å²) in [6.45, 7) is -0.231. The maximum absolute atomic E-state index is 13.1. The van der Waals surface area contributed by atoms with Crippen LogP contribution in [0, 0.1) is 0 Å². The van der Waals surface area contributed by atoms with Crippen molar-refractivity contribution in [1.82, 2.24) is 5.01 Å². The zero-order valence-corrected chi connectivity index (χ0v) is 18.2. The van der Waals surface area contributed by atoms with Crippen molar-refractivity contribution in [2.45, 2.75) is 12.1 Å². The first-order chi connectivity index (χ1) is 14.9. The number of para-hydroxylation sites is 1. The van der Waals surface area contributed by atoms with Crippen LogP contribution in [0.2, 0.25) is 0 Å². The summed E-state index contributed by atoms with van der Waals surface area (Å²) in [6.07, 6.45) is 0. The van der Waals surface area contributed by atoms with E-state index in [0.717, 1.165) is 9.37 Å². The SMILES string of the molecule is COc1ccc(N2C(=O)C3N=NN(CC(=O)Nc4ccccc4Br)C3C2=O)cc1OC. The number of nitrogens with one attached hydrogen (secondary N) is 1. The number of imide groups is 1. The average molecular weight is 488 g/mol. The monoisotopic (exact) mass is 487 g/mol. The van der Waals surface area contributed by atoms with Crippen molar-refractivity contribution >= 4 is 45.0 Å². The number of ether oxygens (including phenoxy) is 2. The van der Waals surface area contributed by atoms with E-state index in [9.17, 15) is 14.4 Å². The van der Waals surface area contributed by atoms with Gasteiger partial charge in [0.05, 0.1) is 25.6 Å². The Bertz CT molecular complexity index is 1090. The van der Waals surface area contributed by atoms with E-state index >= 15 is 0 Å². The van der Waals surface area contributed by atoms with Crippen molar-refractivity contribution in [1.29, 1.82) is 0 Å². The number of hydrogen-bond donors (Lipinski definition) is 1. The van der Waals surface area contributed by atoms with Crippen molar-refractivity contribution in [2.75, 3.05) is 31.0 Å². The highest BCUT2D eigenvalue weighted by Gasteiger charge is 2.55. The molecule has 2 aliphatic rings. The second-order valence-electron chi connectivity index (χ2n) is 6.77. The van der Waals surface area contributed by atoms with Crippen molar-refractivity contribution in [2.24, 2.45) is 10.3 Å². The van der Waals surface area contributed by atoms with Crippen LogP contribution in [0.5, 0.6) is 11.5 Å². The Kier molecular flexibility index (Phi) is 5.59. The van der Waals surface area contributed by atoms with Crippen LogP contribution in [0.1, 0.15) is 0 Å². The van der Waals surface area contributed by atoms with E-state index in [4.69, 9.17) is 9.47 Å². The molecule has 2 aromatic rings. The molecule has 160 valence electrons. The van der Waals surface area contributed by atoms with Gasteiger partial charge in [0.25, 0.3) is 11.8 Å². The average Bonchev–Trinajstić information content (AvgIpc) is 3.28. The second kappa shape index (κ2) is 8.34. The van der Waals surface area contributed by atoms with Gasteiger partial charge in [-0.05, 0) is 40.2 Å². The van der Waals surface area contributed by atoms with Crippen LogP contribution in [0.4, 0.5) is 11.4 Å². The first-order valence-electron chi connectivity index (χ1n) is 9.26. The Morgan fingerprint density at radius 3 is 2.55 bits per heavy atom. The van der Waals surface area contributed by atoms with Crippen molar-refractivity contribution in [3.63, 3.8) is 0 Å². The summed E-state index contributed by atoms with van der Waals surface area (Å²) in [7, 11) is 2.95. The van der Waals surface area contributed by atoms with E-state index in [2.05, 4.69) is 31.6 Å². The third-order valence-electron chi connectivity index (χ3n) is 4.94. The van der Waals surface area contributed by atoms with Gasteiger partial charge >= 0.3 is 0 Å². The minimum atomic E-state index is -1.00. The van der Waals surface area contributed by atoms with E-state index < -0.39 is 29.8 Å². The molecule has 1 fully saturated rings. The van der Waals surface area contributed by atoms with E-state index in [1.54, 1.807) is 30.3 Å². The van der Waals surface area contributed by atoms with E-state index in [1.807, 2.05) is 6.07 Å². The van der Waals surface area contributed by atoms with Crippen LogP contribution in [-0.4, -0.2) is 55.6 Å². The fraction of sp³-hybridized carbons (Fsp3) is 0.250. The standard InChI is InChI=1S/C20H18BrN5O5/c1-30-14-8-7-11(9-15(14)31-2)26-19(28)17-18(20(26)29)25(24-23-17)10-16(27)22-13-6-4-3-5-12(13)21/h3-9,17-18H,10H2,1-2H3,(H,22,27). The van der Waals surface area contributed by atoms with Crippen LogP contribution in [0.3, 0.4) is 0 Å². The van der Waals surface area contributed by atoms with Crippen LogP contribution in [0.15, 0.2) is 57.3 Å². The van der Waals surface area contributed by atoms with Gasteiger partial charge in [0.1, 0.15) is 6.54 Å². The van der Waals surface area contributed by atoms with Gasteiger partial charge in [-0.3, -0.25) is 19.4 Å². The topological polar surface area (TPSA) is 113 Å². The molecule has 2 unspecified atom stereocenters. The molecule has 0 radical (unpaired) electrons. The lowest BCUT2D eigenvalue weighted by Crippen LogP contribution is -2.43. The number of carbonyl (C=O) groups excluding carboxylic acids is 3. The molecule has 2 atom stereocenters. The summed E-state index contributed by atoms with van der Waals surface area (Å²) in [5.41, 5.74) is 0.913. The van der Waals surface area contributed by atoms with E-state index in [-0.39, 0.29) is 6.54 Å². The number of hydrogen-bond acceptors (Lipinski definition) is 8. The molecule has 31 heavy (non-hydrogen) atoms. The van der Waals surface area contributed by atoms with Gasteiger partial charge in [0.2, 0.25) is 5.91 Å². The number of benzene rings is 2. The van der Waals surface area contributed by atoms with Gasteiger partial charge < -0.3 is 14.8 Å². The van der Waals surface area contributed by atoms with Crippen LogP contribution < -0.4 is 19.7 Å². The minimum Gasteiger partial charge on any atom is -0.493 e. The number of methoxy groups -OCH3 is 2. The molecule has 0 aliphatic carbocycles. The lowest BCUT2D eigenvalue weighted by Gasteiger charge is -2.21. The second-order valence-corrected chi connectivity index (χ2v) is 7.63. The summed E-state index contributed by atoms with van der Waals surface area (Å²) >= 11 is 3.36. The molecule has 1 N–H and O–H groups in total. The zero-order valence-electron chi connectivity index (χ0n) is 16.6. The van der Waals surface area contributed by atoms with Gasteiger partial charge in [0.15, 0.2) is 23.6 Å². The number of fused-ring (bicyclic) bond motifs is 1. The van der Waals surface area contributed by atoms with Gasteiger partial charge in [-0.1, -0.05) is 17.4 Å². The summed E-state index contributed by atoms with van der Waals surface area (Å²) in [5, 5.41) is 11.8. The summed E-state index contributed by atoms with van der Waals surface area (Å²) in [6, 6.07) is 9.88. The minimum absolute atomic E-state index is 0.231. The highest BCUT2D eigenvalue weighted by atomic mass is 79.9. The maximum Gasteiger partial charge on any atom is 0.263 e. The Balaban J connectivity index is 1.52. The first-order valence-corrected chi connectivity index (χ1v) is 10.1. The van der Waals surface area contributed by atoms with E-state index in [0.29, 0.717) is 22.9 Å². The van der Waals surface area contributed by atoms with Gasteiger partial charge in [-0.25, -0.2) is 4.90 Å². The van der Waals surface area contributed by atoms with Gasteiger partial charge in [-0.15, -0.1) is 0 Å². The Morgan fingerprint density at radius 1 is 1.10 bits per heavy atom. The molecule has 2 aromatic carbocycles. The lowest BCUT2D eigenvalue weighted by molar-refractivity contribution is -0.123.